The normalized spacial score (nSPS) is 19.2. The van der Waals surface area contributed by atoms with E-state index in [0.717, 1.165) is 31.8 Å². The second-order valence-corrected chi connectivity index (χ2v) is 5.98. The Morgan fingerprint density at radius 3 is 3.05 bits per heavy atom. The molecule has 3 heterocycles. The predicted molar refractivity (Wildman–Crippen MR) is 81.3 cm³/mol. The molecule has 0 saturated carbocycles. The van der Waals surface area contributed by atoms with Crippen LogP contribution in [0.4, 0.5) is 0 Å². The molecule has 5 nitrogen and oxygen atoms in total. The minimum atomic E-state index is 0.0934. The highest BCUT2D eigenvalue weighted by atomic mass is 16.2. The highest BCUT2D eigenvalue weighted by molar-refractivity contribution is 5.92. The minimum absolute atomic E-state index is 0.0934. The quantitative estimate of drug-likeness (QED) is 0.943. The van der Waals surface area contributed by atoms with E-state index in [0.29, 0.717) is 17.7 Å². The maximum atomic E-state index is 12.5. The molecule has 2 aromatic rings. The monoisotopic (exact) mass is 286 g/mol. The van der Waals surface area contributed by atoms with Crippen LogP contribution in [-0.4, -0.2) is 38.4 Å². The van der Waals surface area contributed by atoms with Gasteiger partial charge in [-0.3, -0.25) is 4.79 Å². The summed E-state index contributed by atoms with van der Waals surface area (Å²) in [6.45, 7) is 5.90. The maximum Gasteiger partial charge on any atom is 0.270 e. The maximum absolute atomic E-state index is 12.5. The zero-order chi connectivity index (χ0) is 14.8. The lowest BCUT2D eigenvalue weighted by atomic mass is 10.0. The Bertz CT molecular complexity index is 600. The third-order valence-electron chi connectivity index (χ3n) is 4.12. The molecule has 2 aromatic heterocycles. The number of nitrogens with one attached hydrogen (secondary N) is 1. The van der Waals surface area contributed by atoms with Gasteiger partial charge in [0.1, 0.15) is 11.5 Å². The number of aromatic nitrogens is 3. The molecule has 1 atom stereocenters. The number of aromatic amines is 1. The molecule has 3 rings (SSSR count). The number of amides is 1. The van der Waals surface area contributed by atoms with E-state index in [1.165, 1.54) is 0 Å². The van der Waals surface area contributed by atoms with Crippen molar-refractivity contribution >= 4 is 5.91 Å². The van der Waals surface area contributed by atoms with Crippen molar-refractivity contribution in [3.63, 3.8) is 0 Å². The van der Waals surface area contributed by atoms with Crippen molar-refractivity contribution in [2.75, 3.05) is 13.1 Å². The molecule has 0 aliphatic carbocycles. The van der Waals surface area contributed by atoms with E-state index in [4.69, 9.17) is 0 Å². The van der Waals surface area contributed by atoms with Crippen LogP contribution in [0, 0.1) is 0 Å². The van der Waals surface area contributed by atoms with Crippen molar-refractivity contribution in [2.45, 2.75) is 38.6 Å². The standard InChI is InChI=1S/C16H22N4O/c1-12(2)15-18-8-10-20(15)13-5-4-9-19(11-13)16(21)14-6-3-7-17-14/h3,6-8,10,12-13,17H,4-5,9,11H2,1-2H3/t13-/m0/s1. The second kappa shape index (κ2) is 5.76. The number of carbonyl (C=O) groups excluding carboxylic acids is 1. The van der Waals surface area contributed by atoms with Gasteiger partial charge >= 0.3 is 0 Å². The molecule has 0 spiro atoms. The van der Waals surface area contributed by atoms with Gasteiger partial charge in [0.25, 0.3) is 5.91 Å². The number of piperidine rings is 1. The topological polar surface area (TPSA) is 53.9 Å². The second-order valence-electron chi connectivity index (χ2n) is 5.98. The fourth-order valence-corrected chi connectivity index (χ4v) is 3.08. The lowest BCUT2D eigenvalue weighted by Gasteiger charge is -2.34. The minimum Gasteiger partial charge on any atom is -0.357 e. The number of imidazole rings is 1. The van der Waals surface area contributed by atoms with Crippen molar-refractivity contribution in [2.24, 2.45) is 0 Å². The molecule has 1 amide bonds. The number of hydrogen-bond donors (Lipinski definition) is 1. The van der Waals surface area contributed by atoms with Crippen molar-refractivity contribution in [1.29, 1.82) is 0 Å². The summed E-state index contributed by atoms with van der Waals surface area (Å²) in [6.07, 6.45) is 7.84. The molecule has 21 heavy (non-hydrogen) atoms. The van der Waals surface area contributed by atoms with E-state index in [1.54, 1.807) is 6.20 Å². The first-order valence-corrected chi connectivity index (χ1v) is 7.62. The zero-order valence-corrected chi connectivity index (χ0v) is 12.6. The molecule has 0 aromatic carbocycles. The van der Waals surface area contributed by atoms with E-state index >= 15 is 0 Å². The zero-order valence-electron chi connectivity index (χ0n) is 12.6. The summed E-state index contributed by atoms with van der Waals surface area (Å²) in [5.74, 6) is 1.60. The Morgan fingerprint density at radius 2 is 2.33 bits per heavy atom. The predicted octanol–water partition coefficient (Wildman–Crippen LogP) is 2.81. The summed E-state index contributed by atoms with van der Waals surface area (Å²) in [5.41, 5.74) is 0.672. The molecule has 0 radical (unpaired) electrons. The Labute approximate surface area is 125 Å². The summed E-state index contributed by atoms with van der Waals surface area (Å²) in [7, 11) is 0. The molecule has 0 bridgehead atoms. The number of H-pyrrole nitrogens is 1. The Balaban J connectivity index is 1.77. The number of likely N-dealkylation sites (tertiary alicyclic amines) is 1. The third kappa shape index (κ3) is 2.73. The average molecular weight is 286 g/mol. The van der Waals surface area contributed by atoms with Crippen molar-refractivity contribution < 1.29 is 4.79 Å². The Morgan fingerprint density at radius 1 is 1.48 bits per heavy atom. The molecule has 112 valence electrons. The Hall–Kier alpha value is -2.04. The van der Waals surface area contributed by atoms with Gasteiger partial charge < -0.3 is 14.5 Å². The van der Waals surface area contributed by atoms with Gasteiger partial charge in [-0.15, -0.1) is 0 Å². The van der Waals surface area contributed by atoms with Crippen molar-refractivity contribution in [1.82, 2.24) is 19.4 Å². The highest BCUT2D eigenvalue weighted by Crippen LogP contribution is 2.26. The van der Waals surface area contributed by atoms with Crippen molar-refractivity contribution in [3.8, 4) is 0 Å². The number of nitrogens with zero attached hydrogens (tertiary/aromatic N) is 3. The van der Waals surface area contributed by atoms with E-state index in [2.05, 4.69) is 28.4 Å². The summed E-state index contributed by atoms with van der Waals surface area (Å²) in [4.78, 5) is 21.9. The average Bonchev–Trinajstić information content (AvgIpc) is 3.17. The van der Waals surface area contributed by atoms with Crippen LogP contribution < -0.4 is 0 Å². The molecule has 1 fully saturated rings. The van der Waals surface area contributed by atoms with Gasteiger partial charge in [0, 0.05) is 37.6 Å². The molecular formula is C16H22N4O. The molecule has 1 aliphatic rings. The van der Waals surface area contributed by atoms with E-state index < -0.39 is 0 Å². The van der Waals surface area contributed by atoms with Gasteiger partial charge in [0.05, 0.1) is 6.04 Å². The lowest BCUT2D eigenvalue weighted by molar-refractivity contribution is 0.0672. The summed E-state index contributed by atoms with van der Waals surface area (Å²) < 4.78 is 2.25. The summed E-state index contributed by atoms with van der Waals surface area (Å²) >= 11 is 0. The smallest absolute Gasteiger partial charge is 0.270 e. The van der Waals surface area contributed by atoms with Gasteiger partial charge in [-0.25, -0.2) is 4.98 Å². The third-order valence-corrected chi connectivity index (χ3v) is 4.12. The molecule has 1 N–H and O–H groups in total. The van der Waals surface area contributed by atoms with Crippen LogP contribution in [0.2, 0.25) is 0 Å². The fraction of sp³-hybridized carbons (Fsp3) is 0.500. The van der Waals surface area contributed by atoms with Crippen LogP contribution in [0.5, 0.6) is 0 Å². The Kier molecular flexibility index (Phi) is 3.82. The number of hydrogen-bond acceptors (Lipinski definition) is 2. The van der Waals surface area contributed by atoms with Gasteiger partial charge in [-0.05, 0) is 25.0 Å². The summed E-state index contributed by atoms with van der Waals surface area (Å²) in [5, 5.41) is 0. The van der Waals surface area contributed by atoms with Crippen LogP contribution in [-0.2, 0) is 0 Å². The fourth-order valence-electron chi connectivity index (χ4n) is 3.08. The lowest BCUT2D eigenvalue weighted by Crippen LogP contribution is -2.41. The van der Waals surface area contributed by atoms with E-state index in [1.807, 2.05) is 29.4 Å². The van der Waals surface area contributed by atoms with Gasteiger partial charge in [-0.1, -0.05) is 13.8 Å². The van der Waals surface area contributed by atoms with Crippen LogP contribution in [0.25, 0.3) is 0 Å². The van der Waals surface area contributed by atoms with Crippen LogP contribution >= 0.6 is 0 Å². The van der Waals surface area contributed by atoms with E-state index in [9.17, 15) is 4.79 Å². The van der Waals surface area contributed by atoms with Crippen LogP contribution in [0.15, 0.2) is 30.7 Å². The van der Waals surface area contributed by atoms with Crippen LogP contribution in [0.3, 0.4) is 0 Å². The first-order valence-electron chi connectivity index (χ1n) is 7.62. The molecule has 5 heteroatoms. The molecule has 0 unspecified atom stereocenters. The van der Waals surface area contributed by atoms with Gasteiger partial charge in [0.15, 0.2) is 0 Å². The number of carbonyl (C=O) groups is 1. The van der Waals surface area contributed by atoms with Gasteiger partial charge in [0.2, 0.25) is 0 Å². The van der Waals surface area contributed by atoms with E-state index in [-0.39, 0.29) is 5.91 Å². The molecule has 1 saturated heterocycles. The largest absolute Gasteiger partial charge is 0.357 e. The van der Waals surface area contributed by atoms with Crippen LogP contribution in [0.1, 0.15) is 55.0 Å². The first-order chi connectivity index (χ1) is 10.2. The summed E-state index contributed by atoms with van der Waals surface area (Å²) in [6, 6.07) is 4.03. The number of rotatable bonds is 3. The first kappa shape index (κ1) is 13.9. The molecular weight excluding hydrogens is 264 g/mol. The molecule has 1 aliphatic heterocycles. The van der Waals surface area contributed by atoms with Gasteiger partial charge in [-0.2, -0.15) is 0 Å². The SMILES string of the molecule is CC(C)c1nccn1[C@H]1CCCN(C(=O)c2ccc[nH]2)C1. The van der Waals surface area contributed by atoms with Crippen molar-refractivity contribution in [3.05, 3.63) is 42.2 Å². The highest BCUT2D eigenvalue weighted by Gasteiger charge is 2.27.